The summed E-state index contributed by atoms with van der Waals surface area (Å²) < 4.78 is 23.7. The van der Waals surface area contributed by atoms with E-state index in [1.807, 2.05) is 27.2 Å². The van der Waals surface area contributed by atoms with E-state index in [0.29, 0.717) is 17.4 Å². The molecule has 0 heterocycles. The van der Waals surface area contributed by atoms with E-state index in [1.165, 1.54) is 96.3 Å². The van der Waals surface area contributed by atoms with Gasteiger partial charge in [0.15, 0.2) is 0 Å². The van der Waals surface area contributed by atoms with E-state index in [1.54, 1.807) is 6.08 Å². The molecule has 0 rings (SSSR count). The Balaban J connectivity index is 4.38. The number of rotatable bonds is 53. The zero-order valence-electron chi connectivity index (χ0n) is 48.7. The van der Waals surface area contributed by atoms with Crippen molar-refractivity contribution >= 4 is 13.7 Å². The maximum atomic E-state index is 13.0. The molecule has 0 aliphatic heterocycles. The second kappa shape index (κ2) is 55.4. The van der Waals surface area contributed by atoms with Gasteiger partial charge in [0.05, 0.1) is 39.9 Å². The number of phosphoric ester groups is 1. The third kappa shape index (κ3) is 58.2. The quantitative estimate of drug-likeness (QED) is 0.0243. The fraction of sp³-hybridized carbons (Fsp3) is 0.652. The van der Waals surface area contributed by atoms with Crippen molar-refractivity contribution in [1.82, 2.24) is 5.32 Å². The van der Waals surface area contributed by atoms with Crippen LogP contribution in [0.1, 0.15) is 226 Å². The molecule has 0 aliphatic rings. The molecule has 3 N–H and O–H groups in total. The maximum absolute atomic E-state index is 13.0. The van der Waals surface area contributed by atoms with Crippen LogP contribution in [-0.4, -0.2) is 73.4 Å². The molecule has 0 aromatic heterocycles. The number of nitrogens with zero attached hydrogens (tertiary/aromatic N) is 1. The first-order valence-corrected chi connectivity index (χ1v) is 31.6. The smallest absolute Gasteiger partial charge is 0.387 e. The van der Waals surface area contributed by atoms with Gasteiger partial charge in [0.25, 0.3) is 0 Å². The summed E-state index contributed by atoms with van der Waals surface area (Å²) in [5, 5.41) is 13.9. The van der Waals surface area contributed by atoms with Crippen LogP contribution < -0.4 is 5.32 Å². The number of allylic oxidation sites excluding steroid dienone is 21. The number of hydrogen-bond acceptors (Lipinski definition) is 5. The number of carbonyl (C=O) groups is 1. The summed E-state index contributed by atoms with van der Waals surface area (Å²) in [7, 11) is 1.51. The first kappa shape index (κ1) is 71.6. The Morgan fingerprint density at radius 2 is 0.813 bits per heavy atom. The molecule has 0 bridgehead atoms. The van der Waals surface area contributed by atoms with Gasteiger partial charge in [-0.3, -0.25) is 13.8 Å². The zero-order chi connectivity index (χ0) is 54.9. The number of carbonyl (C=O) groups excluding carboxylic acids is 1. The fourth-order valence-corrected chi connectivity index (χ4v) is 8.65. The lowest BCUT2D eigenvalue weighted by Crippen LogP contribution is -2.45. The van der Waals surface area contributed by atoms with Crippen molar-refractivity contribution in [3.05, 3.63) is 134 Å². The van der Waals surface area contributed by atoms with Gasteiger partial charge in [-0.2, -0.15) is 0 Å². The van der Waals surface area contributed by atoms with Crippen molar-refractivity contribution in [3.63, 3.8) is 0 Å². The van der Waals surface area contributed by atoms with Crippen LogP contribution in [0.4, 0.5) is 0 Å². The molecule has 3 unspecified atom stereocenters. The van der Waals surface area contributed by atoms with Gasteiger partial charge < -0.3 is 19.8 Å². The molecule has 3 atom stereocenters. The Hall–Kier alpha value is -3.36. The molecule has 8 nitrogen and oxygen atoms in total. The topological polar surface area (TPSA) is 105 Å². The number of likely N-dealkylation sites (N-methyl/N-ethyl adjacent to an activating group) is 1. The van der Waals surface area contributed by atoms with Gasteiger partial charge in [-0.1, -0.05) is 244 Å². The summed E-state index contributed by atoms with van der Waals surface area (Å²) >= 11 is 0. The Morgan fingerprint density at radius 1 is 0.467 bits per heavy atom. The van der Waals surface area contributed by atoms with Crippen molar-refractivity contribution in [2.75, 3.05) is 40.9 Å². The van der Waals surface area contributed by atoms with Gasteiger partial charge in [-0.05, 0) is 109 Å². The number of aliphatic hydroxyl groups excluding tert-OH is 1. The van der Waals surface area contributed by atoms with Crippen LogP contribution in [0, 0.1) is 0 Å². The number of hydrogen-bond donors (Lipinski definition) is 3. The molecule has 0 radical (unpaired) electrons. The van der Waals surface area contributed by atoms with Gasteiger partial charge >= 0.3 is 7.82 Å². The van der Waals surface area contributed by atoms with Crippen LogP contribution in [0.5, 0.6) is 0 Å². The Bertz CT molecular complexity index is 1680. The van der Waals surface area contributed by atoms with E-state index in [4.69, 9.17) is 9.05 Å². The van der Waals surface area contributed by atoms with Crippen molar-refractivity contribution in [2.45, 2.75) is 238 Å². The number of nitrogens with one attached hydrogen (secondary N) is 1. The third-order valence-electron chi connectivity index (χ3n) is 12.6. The Labute approximate surface area is 462 Å². The highest BCUT2D eigenvalue weighted by Crippen LogP contribution is 2.43. The third-order valence-corrected chi connectivity index (χ3v) is 13.6. The minimum absolute atomic E-state index is 0.0403. The van der Waals surface area contributed by atoms with Crippen LogP contribution in [0.3, 0.4) is 0 Å². The van der Waals surface area contributed by atoms with Crippen molar-refractivity contribution in [1.29, 1.82) is 0 Å². The predicted octanol–water partition coefficient (Wildman–Crippen LogP) is 18.7. The standard InChI is InChI=1S/C66H113N2O6P/c1-6-8-10-12-14-16-18-20-22-24-26-28-30-32-33-34-35-36-38-40-42-44-46-48-50-52-54-56-58-60-66(70)67-64(63-74-75(71,72)73-62-61-68(3,4)5)65(69)59-57-55-53-51-49-47-45-43-41-39-37-31-29-27-25-23-21-19-17-15-13-11-9-7-2/h8,10,14,16,20,22,26,28,32-33,35-36,40-43,46,48-49,51,57,59,64-65,69H,6-7,9,11-13,15,17-19,21,23-25,27,29-31,34,37-39,44-45,47,50,52-56,58,60-63H2,1-5H3,(H-,67,70,71,72)/p+1/b10-8-,16-14-,22-20-,28-26-,33-32-,36-35-,42-40-,43-41+,48-46-,51-49+,59-57+. The first-order valence-electron chi connectivity index (χ1n) is 30.1. The molecular formula is C66H114N2O6P+. The monoisotopic (exact) mass is 1060 g/mol. The highest BCUT2D eigenvalue weighted by atomic mass is 31.2. The summed E-state index contributed by atoms with van der Waals surface area (Å²) in [6.45, 7) is 4.65. The Morgan fingerprint density at radius 3 is 1.23 bits per heavy atom. The highest BCUT2D eigenvalue weighted by Gasteiger charge is 2.27. The van der Waals surface area contributed by atoms with E-state index in [-0.39, 0.29) is 19.1 Å². The number of unbranched alkanes of at least 4 members (excludes halogenated alkanes) is 20. The average molecular weight is 1060 g/mol. The van der Waals surface area contributed by atoms with Crippen LogP contribution in [0.15, 0.2) is 134 Å². The van der Waals surface area contributed by atoms with Gasteiger partial charge in [0.2, 0.25) is 5.91 Å². The molecule has 0 fully saturated rings. The minimum Gasteiger partial charge on any atom is -0.387 e. The van der Waals surface area contributed by atoms with Crippen LogP contribution in [0.25, 0.3) is 0 Å². The summed E-state index contributed by atoms with van der Waals surface area (Å²) in [5.74, 6) is -0.220. The van der Waals surface area contributed by atoms with Crippen molar-refractivity contribution < 1.29 is 32.9 Å². The normalized spacial score (nSPS) is 14.8. The van der Waals surface area contributed by atoms with E-state index in [9.17, 15) is 19.4 Å². The molecule has 0 spiro atoms. The summed E-state index contributed by atoms with van der Waals surface area (Å²) in [6, 6.07) is -0.895. The Kier molecular flexibility index (Phi) is 52.9. The molecule has 0 saturated heterocycles. The summed E-state index contributed by atoms with van der Waals surface area (Å²) in [5.41, 5.74) is 0. The van der Waals surface area contributed by atoms with Crippen molar-refractivity contribution in [3.8, 4) is 0 Å². The molecule has 0 aliphatic carbocycles. The van der Waals surface area contributed by atoms with E-state index in [2.05, 4.69) is 141 Å². The van der Waals surface area contributed by atoms with Crippen LogP contribution in [-0.2, 0) is 18.4 Å². The van der Waals surface area contributed by atoms with Crippen molar-refractivity contribution in [2.24, 2.45) is 0 Å². The van der Waals surface area contributed by atoms with Gasteiger partial charge in [-0.25, -0.2) is 4.57 Å². The first-order chi connectivity index (χ1) is 36.5. The highest BCUT2D eigenvalue weighted by molar-refractivity contribution is 7.47. The molecular weight excluding hydrogens is 948 g/mol. The van der Waals surface area contributed by atoms with Crippen LogP contribution in [0.2, 0.25) is 0 Å². The molecule has 1 amide bonds. The lowest BCUT2D eigenvalue weighted by Gasteiger charge is -2.25. The molecule has 428 valence electrons. The SMILES string of the molecule is CC/C=C\C/C=C\C/C=C\C/C=C\C/C=C\C/C=C\C/C=C\C/C=C\CCCCCCC(=O)NC(COP(=O)(O)OCC[N+](C)(C)C)C(O)/C=C/CC/C=C/CC/C=C/CCCCCCCCCCCCCCCC. The number of aliphatic hydroxyl groups is 1. The maximum Gasteiger partial charge on any atom is 0.472 e. The van der Waals surface area contributed by atoms with Gasteiger partial charge in [0.1, 0.15) is 13.2 Å². The van der Waals surface area contributed by atoms with E-state index in [0.717, 1.165) is 109 Å². The minimum atomic E-state index is -4.38. The number of quaternary nitrogens is 1. The number of amides is 1. The van der Waals surface area contributed by atoms with E-state index >= 15 is 0 Å². The van der Waals surface area contributed by atoms with Crippen LogP contribution >= 0.6 is 7.82 Å². The lowest BCUT2D eigenvalue weighted by atomic mass is 10.0. The predicted molar refractivity (Wildman–Crippen MR) is 327 cm³/mol. The lowest BCUT2D eigenvalue weighted by molar-refractivity contribution is -0.870. The molecule has 0 saturated carbocycles. The molecule has 0 aromatic carbocycles. The van der Waals surface area contributed by atoms with Gasteiger partial charge in [0, 0.05) is 6.42 Å². The van der Waals surface area contributed by atoms with Gasteiger partial charge in [-0.15, -0.1) is 0 Å². The fourth-order valence-electron chi connectivity index (χ4n) is 7.91. The molecule has 9 heteroatoms. The second-order valence-corrected chi connectivity index (χ2v) is 22.4. The zero-order valence-corrected chi connectivity index (χ0v) is 49.6. The second-order valence-electron chi connectivity index (χ2n) is 21.0. The summed E-state index contributed by atoms with van der Waals surface area (Å²) in [4.78, 5) is 23.3. The number of phosphoric acid groups is 1. The van der Waals surface area contributed by atoms with E-state index < -0.39 is 20.0 Å². The average Bonchev–Trinajstić information content (AvgIpc) is 3.37. The molecule has 75 heavy (non-hydrogen) atoms. The largest absolute Gasteiger partial charge is 0.472 e. The molecule has 0 aromatic rings. The summed E-state index contributed by atoms with van der Waals surface area (Å²) in [6.07, 6.45) is 84.2.